The largest absolute Gasteiger partial charge is 0.480 e. The van der Waals surface area contributed by atoms with Crippen molar-refractivity contribution in [2.45, 2.75) is 12.5 Å². The van der Waals surface area contributed by atoms with Crippen molar-refractivity contribution >= 4 is 16.2 Å². The summed E-state index contributed by atoms with van der Waals surface area (Å²) < 4.78 is 33.3. The van der Waals surface area contributed by atoms with Gasteiger partial charge in [-0.3, -0.25) is 4.79 Å². The van der Waals surface area contributed by atoms with Crippen LogP contribution in [0.25, 0.3) is 0 Å². The van der Waals surface area contributed by atoms with E-state index < -0.39 is 22.2 Å². The highest BCUT2D eigenvalue weighted by Crippen LogP contribution is 2.16. The number of nitrogens with zero attached hydrogens (tertiary/aromatic N) is 1. The summed E-state index contributed by atoms with van der Waals surface area (Å²) in [5.41, 5.74) is 0.389. The highest BCUT2D eigenvalue weighted by molar-refractivity contribution is 7.87. The molecule has 1 aliphatic rings. The molecule has 1 aromatic rings. The quantitative estimate of drug-likeness (QED) is 0.818. The Morgan fingerprint density at radius 3 is 2.62 bits per heavy atom. The van der Waals surface area contributed by atoms with Gasteiger partial charge in [-0.2, -0.15) is 17.4 Å². The molecule has 0 saturated carbocycles. The second-order valence-corrected chi connectivity index (χ2v) is 6.37. The minimum absolute atomic E-state index is 0.219. The molecule has 116 valence electrons. The van der Waals surface area contributed by atoms with Crippen LogP contribution in [0.2, 0.25) is 0 Å². The van der Waals surface area contributed by atoms with Gasteiger partial charge < -0.3 is 9.84 Å². The number of carboxylic acid groups (broad SMARTS) is 1. The summed E-state index contributed by atoms with van der Waals surface area (Å²) in [5, 5.41) is 9.27. The maximum Gasteiger partial charge on any atom is 0.326 e. The summed E-state index contributed by atoms with van der Waals surface area (Å²) in [6.45, 7) is 1.35. The van der Waals surface area contributed by atoms with Crippen molar-refractivity contribution in [3.63, 3.8) is 0 Å². The van der Waals surface area contributed by atoms with E-state index in [4.69, 9.17) is 4.74 Å². The van der Waals surface area contributed by atoms with E-state index in [1.54, 1.807) is 30.3 Å². The summed E-state index contributed by atoms with van der Waals surface area (Å²) in [6, 6.07) is 6.92. The number of aliphatic carboxylic acids is 1. The first-order valence-corrected chi connectivity index (χ1v) is 8.07. The third-order valence-corrected chi connectivity index (χ3v) is 4.75. The molecule has 1 aliphatic heterocycles. The normalized spacial score (nSPS) is 18.9. The van der Waals surface area contributed by atoms with Gasteiger partial charge >= 0.3 is 5.97 Å². The Bertz CT molecular complexity index is 567. The van der Waals surface area contributed by atoms with E-state index in [9.17, 15) is 18.3 Å². The van der Waals surface area contributed by atoms with Gasteiger partial charge in [-0.15, -0.1) is 0 Å². The molecule has 1 heterocycles. The van der Waals surface area contributed by atoms with Gasteiger partial charge in [0, 0.05) is 19.7 Å². The molecule has 1 atom stereocenters. The fourth-order valence-electron chi connectivity index (χ4n) is 2.09. The molecule has 0 spiro atoms. The van der Waals surface area contributed by atoms with Gasteiger partial charge in [0.1, 0.15) is 6.04 Å². The number of benzene rings is 1. The summed E-state index contributed by atoms with van der Waals surface area (Å²) >= 11 is 0. The molecular weight excluding hydrogens is 296 g/mol. The lowest BCUT2D eigenvalue weighted by atomic mass is 10.1. The average molecular weight is 314 g/mol. The van der Waals surface area contributed by atoms with Crippen molar-refractivity contribution in [2.24, 2.45) is 0 Å². The lowest BCUT2D eigenvalue weighted by Crippen LogP contribution is -2.45. The van der Waals surface area contributed by atoms with Gasteiger partial charge in [-0.05, 0) is 12.0 Å². The van der Waals surface area contributed by atoms with Crippen LogP contribution in [-0.2, 0) is 19.7 Å². The molecule has 8 heteroatoms. The Hall–Kier alpha value is -1.48. The van der Waals surface area contributed by atoms with Crippen LogP contribution < -0.4 is 4.72 Å². The van der Waals surface area contributed by atoms with Crippen LogP contribution >= 0.6 is 0 Å². The fourth-order valence-corrected chi connectivity index (χ4v) is 3.46. The van der Waals surface area contributed by atoms with Crippen molar-refractivity contribution in [2.75, 3.05) is 26.3 Å². The van der Waals surface area contributed by atoms with Crippen LogP contribution in [0.5, 0.6) is 0 Å². The van der Waals surface area contributed by atoms with Crippen molar-refractivity contribution in [3.05, 3.63) is 35.9 Å². The highest BCUT2D eigenvalue weighted by Gasteiger charge is 2.30. The van der Waals surface area contributed by atoms with Crippen LogP contribution in [0.3, 0.4) is 0 Å². The second kappa shape index (κ2) is 6.99. The number of hydrogen-bond donors (Lipinski definition) is 2. The number of nitrogens with one attached hydrogen (secondary N) is 1. The Morgan fingerprint density at radius 2 is 1.95 bits per heavy atom. The Labute approximate surface area is 123 Å². The minimum atomic E-state index is -3.88. The number of carbonyl (C=O) groups is 1. The molecule has 0 radical (unpaired) electrons. The van der Waals surface area contributed by atoms with Gasteiger partial charge in [-0.1, -0.05) is 30.3 Å². The van der Waals surface area contributed by atoms with Crippen LogP contribution in [-0.4, -0.2) is 50.1 Å². The lowest BCUT2D eigenvalue weighted by Gasteiger charge is -2.22. The first-order chi connectivity index (χ1) is 10.0. The Kier molecular flexibility index (Phi) is 5.29. The van der Waals surface area contributed by atoms with E-state index in [2.05, 4.69) is 4.72 Å². The molecule has 1 fully saturated rings. The maximum absolute atomic E-state index is 12.3. The third-order valence-electron chi connectivity index (χ3n) is 3.17. The molecule has 0 aromatic heterocycles. The van der Waals surface area contributed by atoms with E-state index in [-0.39, 0.29) is 6.54 Å². The van der Waals surface area contributed by atoms with E-state index in [0.717, 1.165) is 0 Å². The Morgan fingerprint density at radius 1 is 1.24 bits per heavy atom. The van der Waals surface area contributed by atoms with E-state index in [0.29, 0.717) is 31.7 Å². The average Bonchev–Trinajstić information content (AvgIpc) is 2.75. The SMILES string of the molecule is O=C(O)C(NS(=O)(=O)N1CCCOCC1)c1ccccc1. The predicted molar refractivity (Wildman–Crippen MR) is 75.9 cm³/mol. The molecule has 21 heavy (non-hydrogen) atoms. The van der Waals surface area contributed by atoms with Crippen LogP contribution in [0.1, 0.15) is 18.0 Å². The van der Waals surface area contributed by atoms with Gasteiger partial charge in [0.05, 0.1) is 6.61 Å². The summed E-state index contributed by atoms with van der Waals surface area (Å²) in [7, 11) is -3.88. The number of ether oxygens (including phenoxy) is 1. The zero-order chi connectivity index (χ0) is 15.3. The minimum Gasteiger partial charge on any atom is -0.480 e. The van der Waals surface area contributed by atoms with E-state index in [1.165, 1.54) is 4.31 Å². The zero-order valence-corrected chi connectivity index (χ0v) is 12.3. The molecular formula is C13H18N2O5S. The highest BCUT2D eigenvalue weighted by atomic mass is 32.2. The first-order valence-electron chi connectivity index (χ1n) is 6.63. The van der Waals surface area contributed by atoms with Crippen molar-refractivity contribution in [3.8, 4) is 0 Å². The van der Waals surface area contributed by atoms with E-state index >= 15 is 0 Å². The molecule has 1 aromatic carbocycles. The van der Waals surface area contributed by atoms with Crippen molar-refractivity contribution < 1.29 is 23.1 Å². The van der Waals surface area contributed by atoms with Crippen molar-refractivity contribution in [1.82, 2.24) is 9.03 Å². The lowest BCUT2D eigenvalue weighted by molar-refractivity contribution is -0.139. The molecule has 7 nitrogen and oxygen atoms in total. The Balaban J connectivity index is 2.17. The number of carboxylic acids is 1. The molecule has 1 saturated heterocycles. The maximum atomic E-state index is 12.3. The van der Waals surface area contributed by atoms with Crippen molar-refractivity contribution in [1.29, 1.82) is 0 Å². The second-order valence-electron chi connectivity index (χ2n) is 4.67. The molecule has 1 unspecified atom stereocenters. The van der Waals surface area contributed by atoms with Crippen LogP contribution in [0.4, 0.5) is 0 Å². The molecule has 2 N–H and O–H groups in total. The molecule has 2 rings (SSSR count). The number of hydrogen-bond acceptors (Lipinski definition) is 4. The summed E-state index contributed by atoms with van der Waals surface area (Å²) in [4.78, 5) is 11.4. The zero-order valence-electron chi connectivity index (χ0n) is 11.4. The predicted octanol–water partition coefficient (Wildman–Crippen LogP) is 0.369. The van der Waals surface area contributed by atoms with Gasteiger partial charge in [0.15, 0.2) is 0 Å². The van der Waals surface area contributed by atoms with Gasteiger partial charge in [0.2, 0.25) is 0 Å². The van der Waals surface area contributed by atoms with Gasteiger partial charge in [-0.25, -0.2) is 0 Å². The summed E-state index contributed by atoms with van der Waals surface area (Å²) in [5.74, 6) is -1.24. The smallest absolute Gasteiger partial charge is 0.326 e. The molecule has 0 bridgehead atoms. The van der Waals surface area contributed by atoms with Gasteiger partial charge in [0.25, 0.3) is 10.2 Å². The standard InChI is InChI=1S/C13H18N2O5S/c16-13(17)12(11-5-2-1-3-6-11)14-21(18,19)15-7-4-9-20-10-8-15/h1-3,5-6,12,14H,4,7-10H2,(H,16,17). The first kappa shape index (κ1) is 15.9. The fraction of sp³-hybridized carbons (Fsp3) is 0.462. The summed E-state index contributed by atoms with van der Waals surface area (Å²) in [6.07, 6.45) is 0.587. The van der Waals surface area contributed by atoms with Crippen LogP contribution in [0, 0.1) is 0 Å². The van der Waals surface area contributed by atoms with Crippen LogP contribution in [0.15, 0.2) is 30.3 Å². The molecule has 0 aliphatic carbocycles. The topological polar surface area (TPSA) is 95.9 Å². The van der Waals surface area contributed by atoms with E-state index in [1.807, 2.05) is 0 Å². The third kappa shape index (κ3) is 4.24. The monoisotopic (exact) mass is 314 g/mol. The number of rotatable bonds is 5. The molecule has 0 amide bonds.